The minimum absolute atomic E-state index is 0.00516. The molecule has 3 rings (SSSR count). The molecule has 1 saturated heterocycles. The van der Waals surface area contributed by atoms with Crippen LogP contribution < -0.4 is 14.2 Å². The van der Waals surface area contributed by atoms with E-state index in [0.29, 0.717) is 55.7 Å². The second kappa shape index (κ2) is 12.2. The van der Waals surface area contributed by atoms with Gasteiger partial charge in [0.15, 0.2) is 11.5 Å². The Morgan fingerprint density at radius 2 is 1.47 bits per heavy atom. The first-order valence-electron chi connectivity index (χ1n) is 11.5. The van der Waals surface area contributed by atoms with E-state index in [1.54, 1.807) is 12.1 Å². The molecule has 0 aliphatic carbocycles. The van der Waals surface area contributed by atoms with Gasteiger partial charge in [-0.25, -0.2) is 0 Å². The van der Waals surface area contributed by atoms with E-state index in [2.05, 4.69) is 29.2 Å². The molecule has 0 saturated carbocycles. The highest BCUT2D eigenvalue weighted by Gasteiger charge is 2.24. The predicted molar refractivity (Wildman–Crippen MR) is 128 cm³/mol. The van der Waals surface area contributed by atoms with Gasteiger partial charge in [-0.05, 0) is 38.5 Å². The van der Waals surface area contributed by atoms with E-state index in [0.717, 1.165) is 19.6 Å². The van der Waals surface area contributed by atoms with E-state index >= 15 is 0 Å². The summed E-state index contributed by atoms with van der Waals surface area (Å²) in [5.74, 6) is 1.65. The number of carbonyl (C=O) groups is 1. The first-order chi connectivity index (χ1) is 15.7. The molecule has 2 aromatic rings. The molecule has 1 aliphatic rings. The van der Waals surface area contributed by atoms with Gasteiger partial charge < -0.3 is 19.1 Å². The molecular formula is C26H34N2O4. The lowest BCUT2D eigenvalue weighted by molar-refractivity contribution is 0.0649. The Hall–Kier alpha value is -2.99. The maximum Gasteiger partial charge on any atom is 0.254 e. The molecule has 2 aromatic carbocycles. The summed E-state index contributed by atoms with van der Waals surface area (Å²) in [5.41, 5.74) is 1.77. The molecule has 6 nitrogen and oxygen atoms in total. The fraction of sp³-hybridized carbons (Fsp3) is 0.423. The summed E-state index contributed by atoms with van der Waals surface area (Å²) in [4.78, 5) is 17.5. The van der Waals surface area contributed by atoms with Crippen LogP contribution in [0.3, 0.4) is 0 Å². The monoisotopic (exact) mass is 438 g/mol. The van der Waals surface area contributed by atoms with Crippen molar-refractivity contribution in [2.24, 2.45) is 0 Å². The lowest BCUT2D eigenvalue weighted by atomic mass is 10.1. The third kappa shape index (κ3) is 6.26. The van der Waals surface area contributed by atoms with Gasteiger partial charge in [-0.15, -0.1) is 0 Å². The fourth-order valence-electron chi connectivity index (χ4n) is 3.73. The third-order valence-corrected chi connectivity index (χ3v) is 5.29. The van der Waals surface area contributed by atoms with Crippen LogP contribution in [0.15, 0.2) is 48.5 Å². The first kappa shape index (κ1) is 23.7. The topological polar surface area (TPSA) is 51.2 Å². The molecule has 1 heterocycles. The summed E-state index contributed by atoms with van der Waals surface area (Å²) in [6.07, 6.45) is 4.32. The number of piperazine rings is 1. The van der Waals surface area contributed by atoms with Crippen LogP contribution in [0.4, 0.5) is 0 Å². The molecule has 0 N–H and O–H groups in total. The average Bonchev–Trinajstić information content (AvgIpc) is 2.82. The van der Waals surface area contributed by atoms with E-state index in [4.69, 9.17) is 14.2 Å². The number of carbonyl (C=O) groups excluding carboxylic acids is 1. The number of hydrogen-bond acceptors (Lipinski definition) is 5. The molecule has 0 unspecified atom stereocenters. The number of amides is 1. The van der Waals surface area contributed by atoms with Crippen molar-refractivity contribution in [3.05, 3.63) is 59.7 Å². The van der Waals surface area contributed by atoms with Crippen LogP contribution >= 0.6 is 0 Å². The van der Waals surface area contributed by atoms with Gasteiger partial charge in [-0.1, -0.05) is 42.5 Å². The van der Waals surface area contributed by atoms with Crippen LogP contribution in [0, 0.1) is 0 Å². The van der Waals surface area contributed by atoms with Crippen molar-refractivity contribution in [2.75, 3.05) is 52.5 Å². The number of benzene rings is 2. The molecule has 1 aliphatic heterocycles. The van der Waals surface area contributed by atoms with Crippen molar-refractivity contribution >= 4 is 12.0 Å². The Bertz CT molecular complexity index is 863. The largest absolute Gasteiger partial charge is 0.490 e. The van der Waals surface area contributed by atoms with E-state index in [1.807, 2.05) is 43.9 Å². The van der Waals surface area contributed by atoms with Crippen molar-refractivity contribution in [1.82, 2.24) is 9.80 Å². The van der Waals surface area contributed by atoms with E-state index in [9.17, 15) is 4.79 Å². The van der Waals surface area contributed by atoms with Crippen molar-refractivity contribution in [3.63, 3.8) is 0 Å². The van der Waals surface area contributed by atoms with Crippen LogP contribution in [0.2, 0.25) is 0 Å². The van der Waals surface area contributed by atoms with Crippen LogP contribution in [-0.4, -0.2) is 68.3 Å². The number of hydrogen-bond donors (Lipinski definition) is 0. The summed E-state index contributed by atoms with van der Waals surface area (Å²) < 4.78 is 17.3. The standard InChI is InChI=1S/C26H34N2O4/c1-4-30-23-19-22(20-24(31-5-2)25(23)32-6-3)26(29)28-17-15-27(16-18-28)14-10-13-21-11-8-7-9-12-21/h7-13,19-20H,4-6,14-18H2,1-3H3/b13-10+. The van der Waals surface area contributed by atoms with Gasteiger partial charge in [0.05, 0.1) is 19.8 Å². The third-order valence-electron chi connectivity index (χ3n) is 5.29. The summed E-state index contributed by atoms with van der Waals surface area (Å²) in [7, 11) is 0. The number of nitrogens with zero attached hydrogens (tertiary/aromatic N) is 2. The molecule has 0 bridgehead atoms. The second-order valence-electron chi connectivity index (χ2n) is 7.51. The van der Waals surface area contributed by atoms with Gasteiger partial charge >= 0.3 is 0 Å². The molecule has 1 amide bonds. The summed E-state index contributed by atoms with van der Waals surface area (Å²) in [6.45, 7) is 11.2. The van der Waals surface area contributed by atoms with Gasteiger partial charge in [0, 0.05) is 38.3 Å². The van der Waals surface area contributed by atoms with Crippen LogP contribution in [-0.2, 0) is 0 Å². The van der Waals surface area contributed by atoms with Gasteiger partial charge in [0.25, 0.3) is 5.91 Å². The highest BCUT2D eigenvalue weighted by Crippen LogP contribution is 2.39. The predicted octanol–water partition coefficient (Wildman–Crippen LogP) is 4.35. The maximum atomic E-state index is 13.2. The van der Waals surface area contributed by atoms with Gasteiger partial charge in [0.2, 0.25) is 5.75 Å². The average molecular weight is 439 g/mol. The summed E-state index contributed by atoms with van der Waals surface area (Å²) in [5, 5.41) is 0. The molecular weight excluding hydrogens is 404 g/mol. The normalized spacial score (nSPS) is 14.5. The van der Waals surface area contributed by atoms with E-state index < -0.39 is 0 Å². The highest BCUT2D eigenvalue weighted by molar-refractivity contribution is 5.95. The quantitative estimate of drug-likeness (QED) is 0.552. The van der Waals surface area contributed by atoms with Gasteiger partial charge in [-0.3, -0.25) is 9.69 Å². The summed E-state index contributed by atoms with van der Waals surface area (Å²) >= 11 is 0. The molecule has 0 spiro atoms. The zero-order valence-corrected chi connectivity index (χ0v) is 19.4. The molecule has 6 heteroatoms. The van der Waals surface area contributed by atoms with Gasteiger partial charge in [-0.2, -0.15) is 0 Å². The highest BCUT2D eigenvalue weighted by atomic mass is 16.5. The molecule has 0 aromatic heterocycles. The minimum Gasteiger partial charge on any atom is -0.490 e. The lowest BCUT2D eigenvalue weighted by Gasteiger charge is -2.34. The zero-order valence-electron chi connectivity index (χ0n) is 19.4. The van der Waals surface area contributed by atoms with Crippen LogP contribution in [0.1, 0.15) is 36.7 Å². The van der Waals surface area contributed by atoms with Crippen LogP contribution in [0.5, 0.6) is 17.2 Å². The van der Waals surface area contributed by atoms with Gasteiger partial charge in [0.1, 0.15) is 0 Å². The Kier molecular flexibility index (Phi) is 8.99. The van der Waals surface area contributed by atoms with E-state index in [1.165, 1.54) is 5.56 Å². The minimum atomic E-state index is -0.00516. The lowest BCUT2D eigenvalue weighted by Crippen LogP contribution is -2.48. The Balaban J connectivity index is 1.64. The molecule has 0 radical (unpaired) electrons. The molecule has 172 valence electrons. The van der Waals surface area contributed by atoms with E-state index in [-0.39, 0.29) is 5.91 Å². The zero-order chi connectivity index (χ0) is 22.8. The molecule has 32 heavy (non-hydrogen) atoms. The number of rotatable bonds is 10. The second-order valence-corrected chi connectivity index (χ2v) is 7.51. The Morgan fingerprint density at radius 1 is 0.875 bits per heavy atom. The molecule has 0 atom stereocenters. The number of ether oxygens (including phenoxy) is 3. The maximum absolute atomic E-state index is 13.2. The molecule has 1 fully saturated rings. The van der Waals surface area contributed by atoms with Crippen molar-refractivity contribution in [3.8, 4) is 17.2 Å². The summed E-state index contributed by atoms with van der Waals surface area (Å²) in [6, 6.07) is 13.8. The van der Waals surface area contributed by atoms with Crippen molar-refractivity contribution < 1.29 is 19.0 Å². The first-order valence-corrected chi connectivity index (χ1v) is 11.5. The fourth-order valence-corrected chi connectivity index (χ4v) is 3.73. The Labute approximate surface area is 191 Å². The SMILES string of the molecule is CCOc1cc(C(=O)N2CCN(C/C=C/c3ccccc3)CC2)cc(OCC)c1OCC. The van der Waals surface area contributed by atoms with Crippen molar-refractivity contribution in [1.29, 1.82) is 0 Å². The Morgan fingerprint density at radius 3 is 2.03 bits per heavy atom. The van der Waals surface area contributed by atoms with Crippen LogP contribution in [0.25, 0.3) is 6.08 Å². The van der Waals surface area contributed by atoms with Crippen molar-refractivity contribution in [2.45, 2.75) is 20.8 Å². The smallest absolute Gasteiger partial charge is 0.254 e.